The van der Waals surface area contributed by atoms with Crippen molar-refractivity contribution in [3.63, 3.8) is 0 Å². The van der Waals surface area contributed by atoms with Gasteiger partial charge in [-0.2, -0.15) is 0 Å². The van der Waals surface area contributed by atoms with Gasteiger partial charge in [0.2, 0.25) is 5.91 Å². The van der Waals surface area contributed by atoms with E-state index in [2.05, 4.69) is 21.2 Å². The molecule has 0 saturated carbocycles. The summed E-state index contributed by atoms with van der Waals surface area (Å²) < 4.78 is 0.751. The summed E-state index contributed by atoms with van der Waals surface area (Å²) in [5.74, 6) is -0.130. The molecule has 0 aliphatic rings. The molecule has 0 bridgehead atoms. The van der Waals surface area contributed by atoms with Gasteiger partial charge in [-0.25, -0.2) is 0 Å². The maximum atomic E-state index is 12.2. The fraction of sp³-hybridized carbons (Fsp3) is 0.176. The van der Waals surface area contributed by atoms with Gasteiger partial charge in [0, 0.05) is 24.3 Å². The topological polar surface area (TPSA) is 49.4 Å². The third-order valence-corrected chi connectivity index (χ3v) is 3.88. The lowest BCUT2D eigenvalue weighted by Gasteiger charge is -2.11. The van der Waals surface area contributed by atoms with E-state index in [0.717, 1.165) is 10.0 Å². The smallest absolute Gasteiger partial charge is 0.256 e. The molecule has 2 aromatic carbocycles. The minimum atomic E-state index is -0.176. The van der Waals surface area contributed by atoms with Gasteiger partial charge in [0.05, 0.1) is 12.0 Å². The van der Waals surface area contributed by atoms with E-state index in [-0.39, 0.29) is 11.8 Å². The molecule has 0 saturated heterocycles. The molecule has 22 heavy (non-hydrogen) atoms. The van der Waals surface area contributed by atoms with Gasteiger partial charge in [0.15, 0.2) is 0 Å². The molecule has 0 heterocycles. The highest BCUT2D eigenvalue weighted by atomic mass is 79.9. The molecule has 0 aliphatic carbocycles. The van der Waals surface area contributed by atoms with Crippen LogP contribution in [0.3, 0.4) is 0 Å². The van der Waals surface area contributed by atoms with Crippen molar-refractivity contribution in [1.82, 2.24) is 4.90 Å². The van der Waals surface area contributed by atoms with Crippen LogP contribution >= 0.6 is 15.9 Å². The second kappa shape index (κ2) is 7.22. The second-order valence-electron chi connectivity index (χ2n) is 5.10. The first kappa shape index (κ1) is 16.2. The predicted octanol–water partition coefficient (Wildman–Crippen LogP) is 3.33. The fourth-order valence-electron chi connectivity index (χ4n) is 1.88. The number of nitrogens with one attached hydrogen (secondary N) is 1. The van der Waals surface area contributed by atoms with Crippen LogP contribution in [0.2, 0.25) is 0 Å². The Labute approximate surface area is 138 Å². The number of carbonyl (C=O) groups is 2. The van der Waals surface area contributed by atoms with Gasteiger partial charge < -0.3 is 10.2 Å². The van der Waals surface area contributed by atoms with Crippen molar-refractivity contribution < 1.29 is 9.59 Å². The summed E-state index contributed by atoms with van der Waals surface area (Å²) in [6, 6.07) is 14.5. The lowest BCUT2D eigenvalue weighted by molar-refractivity contribution is -0.127. The zero-order valence-corrected chi connectivity index (χ0v) is 14.1. The molecule has 2 rings (SSSR count). The Balaban J connectivity index is 2.04. The van der Waals surface area contributed by atoms with E-state index in [1.807, 2.05) is 30.3 Å². The number of hydrogen-bond acceptors (Lipinski definition) is 2. The van der Waals surface area contributed by atoms with E-state index in [9.17, 15) is 9.59 Å². The van der Waals surface area contributed by atoms with Crippen LogP contribution in [0, 0.1) is 0 Å². The molecule has 0 unspecified atom stereocenters. The SMILES string of the molecule is CN(C)C(=O)Cc1ccc(NC(=O)c2ccccc2Br)cc1. The van der Waals surface area contributed by atoms with E-state index in [4.69, 9.17) is 0 Å². The summed E-state index contributed by atoms with van der Waals surface area (Å²) in [7, 11) is 3.46. The Bertz CT molecular complexity index is 681. The minimum absolute atomic E-state index is 0.0463. The number of carbonyl (C=O) groups excluding carboxylic acids is 2. The Hall–Kier alpha value is -2.14. The van der Waals surface area contributed by atoms with Gasteiger partial charge in [0.1, 0.15) is 0 Å². The van der Waals surface area contributed by atoms with Gasteiger partial charge in [-0.1, -0.05) is 24.3 Å². The summed E-state index contributed by atoms with van der Waals surface area (Å²) >= 11 is 3.36. The summed E-state index contributed by atoms with van der Waals surface area (Å²) in [4.78, 5) is 25.4. The number of rotatable bonds is 4. The standard InChI is InChI=1S/C17H17BrN2O2/c1-20(2)16(21)11-12-7-9-13(10-8-12)19-17(22)14-5-3-4-6-15(14)18/h3-10H,11H2,1-2H3,(H,19,22). The van der Waals surface area contributed by atoms with Crippen molar-refractivity contribution in [1.29, 1.82) is 0 Å². The molecule has 2 aromatic rings. The van der Waals surface area contributed by atoms with Crippen molar-refractivity contribution in [2.45, 2.75) is 6.42 Å². The van der Waals surface area contributed by atoms with Crippen LogP contribution in [0.15, 0.2) is 53.0 Å². The molecule has 114 valence electrons. The summed E-state index contributed by atoms with van der Waals surface area (Å²) in [5.41, 5.74) is 2.19. The van der Waals surface area contributed by atoms with Crippen LogP contribution in [-0.2, 0) is 11.2 Å². The lowest BCUT2D eigenvalue weighted by Crippen LogP contribution is -2.23. The summed E-state index contributed by atoms with van der Waals surface area (Å²) in [6.07, 6.45) is 0.353. The monoisotopic (exact) mass is 360 g/mol. The molecule has 0 aromatic heterocycles. The van der Waals surface area contributed by atoms with E-state index in [1.54, 1.807) is 37.2 Å². The first-order valence-corrected chi connectivity index (χ1v) is 7.61. The zero-order chi connectivity index (χ0) is 16.1. The average Bonchev–Trinajstić information content (AvgIpc) is 2.49. The van der Waals surface area contributed by atoms with Gasteiger partial charge in [-0.05, 0) is 45.8 Å². The van der Waals surface area contributed by atoms with E-state index >= 15 is 0 Å². The molecular formula is C17H17BrN2O2. The first-order valence-electron chi connectivity index (χ1n) is 6.82. The van der Waals surface area contributed by atoms with Crippen LogP contribution in [0.1, 0.15) is 15.9 Å². The lowest BCUT2D eigenvalue weighted by atomic mass is 10.1. The van der Waals surface area contributed by atoms with Crippen LogP contribution in [-0.4, -0.2) is 30.8 Å². The fourth-order valence-corrected chi connectivity index (χ4v) is 2.35. The average molecular weight is 361 g/mol. The molecule has 0 radical (unpaired) electrons. The summed E-state index contributed by atoms with van der Waals surface area (Å²) in [5, 5.41) is 2.84. The Morgan fingerprint density at radius 3 is 2.27 bits per heavy atom. The highest BCUT2D eigenvalue weighted by molar-refractivity contribution is 9.10. The van der Waals surface area contributed by atoms with Crippen molar-refractivity contribution >= 4 is 33.4 Å². The van der Waals surface area contributed by atoms with Gasteiger partial charge in [-0.3, -0.25) is 9.59 Å². The van der Waals surface area contributed by atoms with Crippen LogP contribution in [0.5, 0.6) is 0 Å². The molecule has 5 heteroatoms. The predicted molar refractivity (Wildman–Crippen MR) is 90.9 cm³/mol. The summed E-state index contributed by atoms with van der Waals surface area (Å²) in [6.45, 7) is 0. The third-order valence-electron chi connectivity index (χ3n) is 3.18. The Kier molecular flexibility index (Phi) is 5.33. The van der Waals surface area contributed by atoms with Gasteiger partial charge >= 0.3 is 0 Å². The maximum absolute atomic E-state index is 12.2. The van der Waals surface area contributed by atoms with Crippen molar-refractivity contribution in [3.05, 3.63) is 64.1 Å². The third kappa shape index (κ3) is 4.18. The first-order chi connectivity index (χ1) is 10.5. The molecule has 1 N–H and O–H groups in total. The molecule has 0 fully saturated rings. The van der Waals surface area contributed by atoms with Crippen molar-refractivity contribution in [2.24, 2.45) is 0 Å². The molecule has 0 aliphatic heterocycles. The number of halogens is 1. The number of amides is 2. The van der Waals surface area contributed by atoms with E-state index in [0.29, 0.717) is 17.7 Å². The largest absolute Gasteiger partial charge is 0.349 e. The Morgan fingerprint density at radius 1 is 1.05 bits per heavy atom. The second-order valence-corrected chi connectivity index (χ2v) is 5.95. The quantitative estimate of drug-likeness (QED) is 0.908. The van der Waals surface area contributed by atoms with Crippen LogP contribution < -0.4 is 5.32 Å². The number of anilines is 1. The van der Waals surface area contributed by atoms with Crippen molar-refractivity contribution in [2.75, 3.05) is 19.4 Å². The normalized spacial score (nSPS) is 10.1. The number of benzene rings is 2. The molecule has 0 atom stereocenters. The van der Waals surface area contributed by atoms with Gasteiger partial charge in [0.25, 0.3) is 5.91 Å². The molecular weight excluding hydrogens is 344 g/mol. The highest BCUT2D eigenvalue weighted by Gasteiger charge is 2.10. The van der Waals surface area contributed by atoms with Crippen LogP contribution in [0.25, 0.3) is 0 Å². The number of nitrogens with zero attached hydrogens (tertiary/aromatic N) is 1. The van der Waals surface area contributed by atoms with E-state index in [1.165, 1.54) is 0 Å². The van der Waals surface area contributed by atoms with Crippen LogP contribution in [0.4, 0.5) is 5.69 Å². The number of hydrogen-bond donors (Lipinski definition) is 1. The van der Waals surface area contributed by atoms with Crippen molar-refractivity contribution in [3.8, 4) is 0 Å². The molecule has 4 nitrogen and oxygen atoms in total. The Morgan fingerprint density at radius 2 is 1.68 bits per heavy atom. The molecule has 0 spiro atoms. The zero-order valence-electron chi connectivity index (χ0n) is 12.5. The molecule has 2 amide bonds. The maximum Gasteiger partial charge on any atom is 0.256 e. The van der Waals surface area contributed by atoms with Gasteiger partial charge in [-0.15, -0.1) is 0 Å². The van der Waals surface area contributed by atoms with E-state index < -0.39 is 0 Å². The minimum Gasteiger partial charge on any atom is -0.349 e. The highest BCUT2D eigenvalue weighted by Crippen LogP contribution is 2.18. The number of likely N-dealkylation sites (N-methyl/N-ethyl adjacent to an activating group) is 1.